The van der Waals surface area contributed by atoms with Crippen molar-refractivity contribution in [2.45, 2.75) is 31.6 Å². The fourth-order valence-electron chi connectivity index (χ4n) is 4.23. The number of para-hydroxylation sites is 1. The van der Waals surface area contributed by atoms with Crippen molar-refractivity contribution in [1.29, 1.82) is 0 Å². The van der Waals surface area contributed by atoms with Crippen molar-refractivity contribution in [1.82, 2.24) is 14.8 Å². The Bertz CT molecular complexity index is 803. The second kappa shape index (κ2) is 8.57. The molecule has 150 valence electrons. The predicted octanol–water partition coefficient (Wildman–Crippen LogP) is 2.89. The highest BCUT2D eigenvalue weighted by molar-refractivity contribution is 7.18. The summed E-state index contributed by atoms with van der Waals surface area (Å²) in [7, 11) is 1.44. The highest BCUT2D eigenvalue weighted by Crippen LogP contribution is 2.33. The van der Waals surface area contributed by atoms with Crippen LogP contribution in [0.4, 0.5) is 0 Å². The Hall–Kier alpha value is -1.99. The summed E-state index contributed by atoms with van der Waals surface area (Å²) in [5.74, 6) is 0.528. The number of ether oxygens (including phenoxy) is 1. The van der Waals surface area contributed by atoms with Crippen molar-refractivity contribution in [3.05, 3.63) is 29.3 Å². The zero-order valence-corrected chi connectivity index (χ0v) is 17.1. The zero-order valence-electron chi connectivity index (χ0n) is 16.3. The summed E-state index contributed by atoms with van der Waals surface area (Å²) in [6.07, 6.45) is 3.52. The van der Waals surface area contributed by atoms with Gasteiger partial charge in [-0.3, -0.25) is 14.5 Å². The average molecular weight is 402 g/mol. The summed E-state index contributed by atoms with van der Waals surface area (Å²) in [4.78, 5) is 33.3. The van der Waals surface area contributed by atoms with Crippen LogP contribution < -0.4 is 0 Å². The summed E-state index contributed by atoms with van der Waals surface area (Å²) in [6, 6.07) is 8.27. The van der Waals surface area contributed by atoms with Gasteiger partial charge in [0, 0.05) is 19.0 Å². The maximum Gasteiger partial charge on any atom is 0.308 e. The molecule has 0 spiro atoms. The van der Waals surface area contributed by atoms with Crippen LogP contribution in [0.2, 0.25) is 0 Å². The van der Waals surface area contributed by atoms with Gasteiger partial charge in [-0.05, 0) is 50.9 Å². The Morgan fingerprint density at radius 3 is 2.50 bits per heavy atom. The van der Waals surface area contributed by atoms with E-state index in [-0.39, 0.29) is 17.8 Å². The minimum atomic E-state index is -0.122. The van der Waals surface area contributed by atoms with Gasteiger partial charge in [-0.1, -0.05) is 12.1 Å². The van der Waals surface area contributed by atoms with Gasteiger partial charge in [-0.15, -0.1) is 11.3 Å². The Kier molecular flexibility index (Phi) is 5.92. The molecular weight excluding hydrogens is 374 g/mol. The lowest BCUT2D eigenvalue weighted by atomic mass is 9.96. The van der Waals surface area contributed by atoms with Gasteiger partial charge >= 0.3 is 5.97 Å². The highest BCUT2D eigenvalue weighted by Gasteiger charge is 2.29. The number of esters is 1. The Balaban J connectivity index is 1.26. The molecule has 2 aliphatic rings. The average Bonchev–Trinajstić information content (AvgIpc) is 3.18. The standard InChI is InChI=1S/C21H27N3O3S/c1-27-21(26)16-6-10-23(11-7-16)14-19(25)24-12-8-15(9-13-24)20-22-17-4-2-3-5-18(17)28-20/h2-5,15-16H,6-14H2,1H3. The molecule has 1 amide bonds. The highest BCUT2D eigenvalue weighted by atomic mass is 32.1. The number of piperidine rings is 2. The van der Waals surface area contributed by atoms with Crippen LogP contribution in [0.1, 0.15) is 36.6 Å². The first kappa shape index (κ1) is 19.3. The third-order valence-corrected chi connectivity index (χ3v) is 7.19. The van der Waals surface area contributed by atoms with Gasteiger partial charge in [0.15, 0.2) is 0 Å². The van der Waals surface area contributed by atoms with Gasteiger partial charge in [0.2, 0.25) is 5.91 Å². The van der Waals surface area contributed by atoms with Gasteiger partial charge in [-0.25, -0.2) is 4.98 Å². The number of hydrogen-bond acceptors (Lipinski definition) is 6. The monoisotopic (exact) mass is 401 g/mol. The Morgan fingerprint density at radius 1 is 1.11 bits per heavy atom. The molecule has 0 atom stereocenters. The first-order valence-corrected chi connectivity index (χ1v) is 10.9. The second-order valence-corrected chi connectivity index (χ2v) is 8.81. The van der Waals surface area contributed by atoms with Gasteiger partial charge in [-0.2, -0.15) is 0 Å². The summed E-state index contributed by atoms with van der Waals surface area (Å²) < 4.78 is 6.07. The van der Waals surface area contributed by atoms with E-state index in [1.807, 2.05) is 11.0 Å². The SMILES string of the molecule is COC(=O)C1CCN(CC(=O)N2CCC(c3nc4ccccc4s3)CC2)CC1. The lowest BCUT2D eigenvalue weighted by molar-refractivity contribution is -0.147. The molecule has 0 radical (unpaired) electrons. The largest absolute Gasteiger partial charge is 0.469 e. The van der Waals surface area contributed by atoms with Crippen molar-refractivity contribution >= 4 is 33.4 Å². The van der Waals surface area contributed by atoms with Crippen LogP contribution in [0.3, 0.4) is 0 Å². The van der Waals surface area contributed by atoms with E-state index in [9.17, 15) is 9.59 Å². The summed E-state index contributed by atoms with van der Waals surface area (Å²) in [5, 5.41) is 1.21. The number of benzene rings is 1. The Labute approximate surface area is 169 Å². The van der Waals surface area contributed by atoms with Gasteiger partial charge < -0.3 is 9.64 Å². The summed E-state index contributed by atoms with van der Waals surface area (Å²) in [6.45, 7) is 3.64. The maximum absolute atomic E-state index is 12.7. The number of likely N-dealkylation sites (tertiary alicyclic amines) is 2. The number of methoxy groups -OCH3 is 1. The molecule has 2 aromatic rings. The predicted molar refractivity (Wildman–Crippen MR) is 109 cm³/mol. The molecule has 1 aromatic carbocycles. The van der Waals surface area contributed by atoms with Gasteiger partial charge in [0.05, 0.1) is 34.8 Å². The molecular formula is C21H27N3O3S. The van der Waals surface area contributed by atoms with E-state index in [1.165, 1.54) is 16.8 Å². The van der Waals surface area contributed by atoms with Crippen LogP contribution in [0.25, 0.3) is 10.2 Å². The van der Waals surface area contributed by atoms with Crippen LogP contribution in [0, 0.1) is 5.92 Å². The summed E-state index contributed by atoms with van der Waals surface area (Å²) in [5.41, 5.74) is 1.08. The van der Waals surface area contributed by atoms with E-state index in [0.29, 0.717) is 12.5 Å². The third-order valence-electron chi connectivity index (χ3n) is 5.99. The molecule has 6 nitrogen and oxygen atoms in total. The van der Waals surface area contributed by atoms with Crippen molar-refractivity contribution in [2.75, 3.05) is 39.8 Å². The first-order chi connectivity index (χ1) is 13.6. The van der Waals surface area contributed by atoms with Crippen molar-refractivity contribution in [3.8, 4) is 0 Å². The number of thiazole rings is 1. The fraction of sp³-hybridized carbons (Fsp3) is 0.571. The number of carbonyl (C=O) groups is 2. The number of rotatable bonds is 4. The van der Waals surface area contributed by atoms with Gasteiger partial charge in [0.1, 0.15) is 0 Å². The zero-order chi connectivity index (χ0) is 19.5. The van der Waals surface area contributed by atoms with Crippen LogP contribution in [-0.2, 0) is 14.3 Å². The van der Waals surface area contributed by atoms with Crippen LogP contribution >= 0.6 is 11.3 Å². The third kappa shape index (κ3) is 4.20. The molecule has 2 aliphatic heterocycles. The van der Waals surface area contributed by atoms with E-state index >= 15 is 0 Å². The number of carbonyl (C=O) groups excluding carboxylic acids is 2. The second-order valence-electron chi connectivity index (χ2n) is 7.75. The fourth-order valence-corrected chi connectivity index (χ4v) is 5.36. The maximum atomic E-state index is 12.7. The van der Waals surface area contributed by atoms with Gasteiger partial charge in [0.25, 0.3) is 0 Å². The quantitative estimate of drug-likeness (QED) is 0.737. The number of fused-ring (bicyclic) bond motifs is 1. The molecule has 0 bridgehead atoms. The van der Waals surface area contributed by atoms with Crippen molar-refractivity contribution in [2.24, 2.45) is 5.92 Å². The van der Waals surface area contributed by atoms with Crippen LogP contribution in [0.15, 0.2) is 24.3 Å². The molecule has 28 heavy (non-hydrogen) atoms. The number of hydrogen-bond donors (Lipinski definition) is 0. The lowest BCUT2D eigenvalue weighted by Gasteiger charge is -2.35. The van der Waals surface area contributed by atoms with Crippen LogP contribution in [0.5, 0.6) is 0 Å². The molecule has 0 unspecified atom stereocenters. The molecule has 1 aromatic heterocycles. The van der Waals surface area contributed by atoms with Crippen molar-refractivity contribution < 1.29 is 14.3 Å². The molecule has 0 saturated carbocycles. The lowest BCUT2D eigenvalue weighted by Crippen LogP contribution is -2.46. The molecule has 2 saturated heterocycles. The number of nitrogens with zero attached hydrogens (tertiary/aromatic N) is 3. The molecule has 2 fully saturated rings. The van der Waals surface area contributed by atoms with E-state index in [1.54, 1.807) is 11.3 Å². The summed E-state index contributed by atoms with van der Waals surface area (Å²) >= 11 is 1.79. The molecule has 7 heteroatoms. The van der Waals surface area contributed by atoms with E-state index in [0.717, 1.165) is 57.4 Å². The van der Waals surface area contributed by atoms with E-state index < -0.39 is 0 Å². The van der Waals surface area contributed by atoms with E-state index in [4.69, 9.17) is 9.72 Å². The smallest absolute Gasteiger partial charge is 0.308 e. The Morgan fingerprint density at radius 2 is 1.82 bits per heavy atom. The topological polar surface area (TPSA) is 62.7 Å². The van der Waals surface area contributed by atoms with E-state index in [2.05, 4.69) is 23.1 Å². The van der Waals surface area contributed by atoms with Crippen molar-refractivity contribution in [3.63, 3.8) is 0 Å². The first-order valence-electron chi connectivity index (χ1n) is 10.1. The number of aromatic nitrogens is 1. The van der Waals surface area contributed by atoms with Crippen LogP contribution in [-0.4, -0.2) is 66.5 Å². The minimum absolute atomic E-state index is 0.0130. The molecule has 4 rings (SSSR count). The number of amides is 1. The normalized spacial score (nSPS) is 19.8. The molecule has 3 heterocycles. The molecule has 0 N–H and O–H groups in total. The minimum Gasteiger partial charge on any atom is -0.469 e. The molecule has 0 aliphatic carbocycles.